The van der Waals surface area contributed by atoms with Gasteiger partial charge in [-0.15, -0.1) is 0 Å². The number of benzene rings is 1. The molecule has 3 nitrogen and oxygen atoms in total. The maximum atomic E-state index is 11.4. The van der Waals surface area contributed by atoms with Crippen molar-refractivity contribution < 1.29 is 4.79 Å². The normalized spacial score (nSPS) is 11.6. The molecule has 0 bridgehead atoms. The van der Waals surface area contributed by atoms with Crippen LogP contribution in [0.15, 0.2) is 23.8 Å². The Kier molecular flexibility index (Phi) is 2.98. The van der Waals surface area contributed by atoms with Gasteiger partial charge in [0.05, 0.1) is 6.20 Å². The monoisotopic (exact) mass is 247 g/mol. The number of hydrogen-bond donors (Lipinski definition) is 1. The molecule has 0 saturated heterocycles. The molecule has 4 heteroatoms. The number of primary amides is 1. The number of hydrogen-bond acceptors (Lipinski definition) is 2. The fourth-order valence-corrected chi connectivity index (χ4v) is 3.95. The van der Waals surface area contributed by atoms with Crippen molar-refractivity contribution in [1.29, 1.82) is 0 Å². The summed E-state index contributed by atoms with van der Waals surface area (Å²) in [7, 11) is -0.395. The van der Waals surface area contributed by atoms with Crippen LogP contribution >= 0.6 is 10.5 Å². The number of carbonyl (C=O) groups excluding carboxylic acids is 1. The molecule has 0 aliphatic heterocycles. The van der Waals surface area contributed by atoms with Crippen LogP contribution in [0.4, 0.5) is 0 Å². The highest BCUT2D eigenvalue weighted by atomic mass is 32.2. The summed E-state index contributed by atoms with van der Waals surface area (Å²) in [5.74, 6) is -0.384. The van der Waals surface area contributed by atoms with Gasteiger partial charge < -0.3 is 5.73 Å². The second kappa shape index (κ2) is 4.30. The first-order chi connectivity index (χ1) is 8.00. The lowest BCUT2D eigenvalue weighted by Gasteiger charge is -2.03. The second-order valence-electron chi connectivity index (χ2n) is 4.18. The van der Waals surface area contributed by atoms with Crippen LogP contribution in [-0.4, -0.2) is 10.9 Å². The topological polar surface area (TPSA) is 56.0 Å². The molecular formula is C13H15N2OS+. The van der Waals surface area contributed by atoms with Gasteiger partial charge in [-0.05, 0) is 20.8 Å². The number of nitrogens with zero attached hydrogens (tertiary/aromatic N) is 1. The fourth-order valence-electron chi connectivity index (χ4n) is 2.12. The molecule has 17 heavy (non-hydrogen) atoms. The molecule has 1 unspecified atom stereocenters. The fraction of sp³-hybridized carbons (Fsp3) is 0.231. The van der Waals surface area contributed by atoms with E-state index in [0.29, 0.717) is 4.88 Å². The van der Waals surface area contributed by atoms with E-state index >= 15 is 0 Å². The Labute approximate surface area is 103 Å². The summed E-state index contributed by atoms with van der Waals surface area (Å²) in [6.07, 6.45) is 1.57. The Morgan fingerprint density at radius 3 is 2.35 bits per heavy atom. The first-order valence-corrected chi connectivity index (χ1v) is 6.63. The molecule has 2 aromatic rings. The SMILES string of the molecule is Cc1cc(C)c(-[s+]2cncc2C(N)=O)c(C)c1. The molecule has 0 aliphatic carbocycles. The number of amides is 1. The smallest absolute Gasteiger partial charge is 0.303 e. The van der Waals surface area contributed by atoms with Crippen molar-refractivity contribution in [2.24, 2.45) is 5.73 Å². The zero-order valence-corrected chi connectivity index (χ0v) is 11.0. The molecule has 0 saturated carbocycles. The van der Waals surface area contributed by atoms with E-state index in [4.69, 9.17) is 5.73 Å². The summed E-state index contributed by atoms with van der Waals surface area (Å²) in [6, 6.07) is 4.25. The molecule has 1 heterocycles. The highest BCUT2D eigenvalue weighted by Crippen LogP contribution is 2.38. The average molecular weight is 247 g/mol. The lowest BCUT2D eigenvalue weighted by Crippen LogP contribution is -2.09. The summed E-state index contributed by atoms with van der Waals surface area (Å²) < 4.78 is 0. The molecule has 88 valence electrons. The van der Waals surface area contributed by atoms with Crippen LogP contribution in [0.2, 0.25) is 0 Å². The molecule has 1 amide bonds. The van der Waals surface area contributed by atoms with Gasteiger partial charge in [-0.1, -0.05) is 17.7 Å². The number of thiazole rings is 1. The Morgan fingerprint density at radius 2 is 1.82 bits per heavy atom. The third kappa shape index (κ3) is 2.08. The van der Waals surface area contributed by atoms with Crippen molar-refractivity contribution in [3.63, 3.8) is 0 Å². The van der Waals surface area contributed by atoms with E-state index in [0.717, 1.165) is 0 Å². The zero-order chi connectivity index (χ0) is 12.6. The average Bonchev–Trinajstić information content (AvgIpc) is 2.64. The van der Waals surface area contributed by atoms with Crippen LogP contribution in [0.25, 0.3) is 4.90 Å². The molecule has 1 aromatic carbocycles. The zero-order valence-electron chi connectivity index (χ0n) is 10.2. The predicted octanol–water partition coefficient (Wildman–Crippen LogP) is 2.84. The molecule has 2 N–H and O–H groups in total. The molecule has 2 rings (SSSR count). The Bertz CT molecular complexity index is 564. The van der Waals surface area contributed by atoms with Crippen LogP contribution in [0.5, 0.6) is 0 Å². The lowest BCUT2D eigenvalue weighted by atomic mass is 10.1. The molecule has 0 aliphatic rings. The van der Waals surface area contributed by atoms with E-state index in [1.54, 1.807) is 6.20 Å². The quantitative estimate of drug-likeness (QED) is 0.830. The van der Waals surface area contributed by atoms with Gasteiger partial charge in [-0.3, -0.25) is 4.79 Å². The van der Waals surface area contributed by atoms with Crippen LogP contribution < -0.4 is 5.73 Å². The number of carbonyl (C=O) groups is 1. The van der Waals surface area contributed by atoms with Crippen molar-refractivity contribution in [3.8, 4) is 4.90 Å². The van der Waals surface area contributed by atoms with E-state index in [1.807, 2.05) is 5.51 Å². The maximum Gasteiger partial charge on any atom is 0.303 e. The molecule has 1 aromatic heterocycles. The van der Waals surface area contributed by atoms with E-state index in [9.17, 15) is 4.79 Å². The van der Waals surface area contributed by atoms with E-state index < -0.39 is 10.5 Å². The van der Waals surface area contributed by atoms with Crippen LogP contribution in [-0.2, 0) is 0 Å². The van der Waals surface area contributed by atoms with Crippen LogP contribution in [0, 0.1) is 20.8 Å². The summed E-state index contributed by atoms with van der Waals surface area (Å²) in [4.78, 5) is 17.2. The highest BCUT2D eigenvalue weighted by Gasteiger charge is 2.25. The summed E-state index contributed by atoms with van der Waals surface area (Å²) in [5, 5.41) is 0. The second-order valence-corrected chi connectivity index (χ2v) is 5.91. The molecule has 0 radical (unpaired) electrons. The van der Waals surface area contributed by atoms with Crippen LogP contribution in [0.3, 0.4) is 0 Å². The number of aryl methyl sites for hydroxylation is 3. The van der Waals surface area contributed by atoms with Gasteiger partial charge in [-0.25, -0.2) is 4.98 Å². The van der Waals surface area contributed by atoms with Crippen molar-refractivity contribution >= 4 is 16.4 Å². The summed E-state index contributed by atoms with van der Waals surface area (Å²) >= 11 is 0. The molecular weight excluding hydrogens is 232 g/mol. The van der Waals surface area contributed by atoms with Crippen molar-refractivity contribution in [2.75, 3.05) is 0 Å². The largest absolute Gasteiger partial charge is 0.361 e. The van der Waals surface area contributed by atoms with Crippen LogP contribution in [0.1, 0.15) is 26.4 Å². The highest BCUT2D eigenvalue weighted by molar-refractivity contribution is 7.39. The maximum absolute atomic E-state index is 11.4. The molecule has 0 fully saturated rings. The first kappa shape index (κ1) is 11.8. The number of nitrogens with two attached hydrogens (primary N) is 1. The Balaban J connectivity index is 2.69. The van der Waals surface area contributed by atoms with Crippen molar-refractivity contribution in [3.05, 3.63) is 45.4 Å². The van der Waals surface area contributed by atoms with E-state index in [1.165, 1.54) is 21.6 Å². The van der Waals surface area contributed by atoms with Gasteiger partial charge in [0.25, 0.3) is 4.88 Å². The predicted molar refractivity (Wildman–Crippen MR) is 70.8 cm³/mol. The molecule has 0 spiro atoms. The van der Waals surface area contributed by atoms with Gasteiger partial charge in [-0.2, -0.15) is 0 Å². The molecule has 1 atom stereocenters. The first-order valence-electron chi connectivity index (χ1n) is 5.35. The third-order valence-corrected chi connectivity index (χ3v) is 4.86. The van der Waals surface area contributed by atoms with Gasteiger partial charge in [0.15, 0.2) is 4.90 Å². The van der Waals surface area contributed by atoms with Gasteiger partial charge in [0.2, 0.25) is 5.51 Å². The minimum atomic E-state index is -0.395. The minimum absolute atomic E-state index is 0.384. The summed E-state index contributed by atoms with van der Waals surface area (Å²) in [5.41, 5.74) is 10.8. The third-order valence-electron chi connectivity index (χ3n) is 2.66. The van der Waals surface area contributed by atoms with Gasteiger partial charge in [0.1, 0.15) is 0 Å². The van der Waals surface area contributed by atoms with Crippen molar-refractivity contribution in [1.82, 2.24) is 4.98 Å². The lowest BCUT2D eigenvalue weighted by molar-refractivity contribution is 0.100. The number of rotatable bonds is 2. The Morgan fingerprint density at radius 1 is 1.24 bits per heavy atom. The van der Waals surface area contributed by atoms with E-state index in [2.05, 4.69) is 37.9 Å². The standard InChI is InChI=1S/C13H14N2OS/c1-8-4-9(2)12(10(3)5-8)17-7-15-6-11(17)13(14)16/h4-7H,1-3H3,(H-,14,16)/p+1. The number of aromatic nitrogens is 1. The van der Waals surface area contributed by atoms with Gasteiger partial charge in [0, 0.05) is 21.6 Å². The van der Waals surface area contributed by atoms with Crippen molar-refractivity contribution in [2.45, 2.75) is 20.8 Å². The summed E-state index contributed by atoms with van der Waals surface area (Å²) in [6.45, 7) is 6.20. The Hall–Kier alpha value is -1.68. The van der Waals surface area contributed by atoms with Gasteiger partial charge >= 0.3 is 5.91 Å². The van der Waals surface area contributed by atoms with E-state index in [-0.39, 0.29) is 5.91 Å². The minimum Gasteiger partial charge on any atom is -0.361 e.